The summed E-state index contributed by atoms with van der Waals surface area (Å²) >= 11 is 3.33. The van der Waals surface area contributed by atoms with Gasteiger partial charge in [-0.2, -0.15) is 0 Å². The standard InChI is InChI=1S/C11H14BrN3O/c12-7-1-2-10(9(5-7)11(14)16)15-4-3-8(13)6-15/h1-2,5,8H,3-4,6,13H2,(H2,14,16). The van der Waals surface area contributed by atoms with Crippen molar-refractivity contribution in [3.8, 4) is 0 Å². The van der Waals surface area contributed by atoms with Gasteiger partial charge in [-0.3, -0.25) is 4.79 Å². The van der Waals surface area contributed by atoms with Crippen LogP contribution in [0.2, 0.25) is 0 Å². The Morgan fingerprint density at radius 3 is 2.81 bits per heavy atom. The highest BCUT2D eigenvalue weighted by Crippen LogP contribution is 2.26. The van der Waals surface area contributed by atoms with Crippen LogP contribution in [0, 0.1) is 0 Å². The van der Waals surface area contributed by atoms with Crippen LogP contribution in [0.25, 0.3) is 0 Å². The highest BCUT2D eigenvalue weighted by Gasteiger charge is 2.22. The number of rotatable bonds is 2. The highest BCUT2D eigenvalue weighted by molar-refractivity contribution is 9.10. The molecular weight excluding hydrogens is 270 g/mol. The second-order valence-electron chi connectivity index (χ2n) is 4.02. The number of halogens is 1. The van der Waals surface area contributed by atoms with E-state index in [1.54, 1.807) is 6.07 Å². The number of nitrogens with two attached hydrogens (primary N) is 2. The van der Waals surface area contributed by atoms with Crippen LogP contribution in [0.15, 0.2) is 22.7 Å². The van der Waals surface area contributed by atoms with Gasteiger partial charge in [0.1, 0.15) is 0 Å². The van der Waals surface area contributed by atoms with E-state index in [-0.39, 0.29) is 6.04 Å². The van der Waals surface area contributed by atoms with E-state index in [1.165, 1.54) is 0 Å². The van der Waals surface area contributed by atoms with Gasteiger partial charge in [-0.1, -0.05) is 15.9 Å². The van der Waals surface area contributed by atoms with E-state index in [4.69, 9.17) is 11.5 Å². The first-order valence-corrected chi connectivity index (χ1v) is 5.97. The quantitative estimate of drug-likeness (QED) is 0.853. The Balaban J connectivity index is 2.36. The molecule has 0 radical (unpaired) electrons. The molecule has 16 heavy (non-hydrogen) atoms. The molecule has 1 aliphatic heterocycles. The van der Waals surface area contributed by atoms with E-state index in [1.807, 2.05) is 12.1 Å². The Bertz CT molecular complexity index is 422. The average Bonchev–Trinajstić information content (AvgIpc) is 2.64. The molecule has 5 heteroatoms. The van der Waals surface area contributed by atoms with Crippen molar-refractivity contribution >= 4 is 27.5 Å². The van der Waals surface area contributed by atoms with Crippen molar-refractivity contribution in [3.05, 3.63) is 28.2 Å². The smallest absolute Gasteiger partial charge is 0.250 e. The maximum absolute atomic E-state index is 11.4. The van der Waals surface area contributed by atoms with Gasteiger partial charge in [0.15, 0.2) is 0 Å². The summed E-state index contributed by atoms with van der Waals surface area (Å²) in [7, 11) is 0. The summed E-state index contributed by atoms with van der Waals surface area (Å²) in [5, 5.41) is 0. The monoisotopic (exact) mass is 283 g/mol. The van der Waals surface area contributed by atoms with Gasteiger partial charge in [0, 0.05) is 29.3 Å². The van der Waals surface area contributed by atoms with Gasteiger partial charge in [-0.25, -0.2) is 0 Å². The summed E-state index contributed by atoms with van der Waals surface area (Å²) in [5.74, 6) is -0.406. The largest absolute Gasteiger partial charge is 0.369 e. The van der Waals surface area contributed by atoms with E-state index < -0.39 is 5.91 Å². The molecule has 0 aromatic heterocycles. The summed E-state index contributed by atoms with van der Waals surface area (Å²) in [6, 6.07) is 5.75. The van der Waals surface area contributed by atoms with Crippen molar-refractivity contribution in [1.29, 1.82) is 0 Å². The molecule has 1 heterocycles. The fourth-order valence-corrected chi connectivity index (χ4v) is 2.35. The first kappa shape index (κ1) is 11.4. The molecular formula is C11H14BrN3O. The molecule has 1 aliphatic rings. The van der Waals surface area contributed by atoms with E-state index in [9.17, 15) is 4.79 Å². The fourth-order valence-electron chi connectivity index (χ4n) is 1.99. The summed E-state index contributed by atoms with van der Waals surface area (Å²) in [5.41, 5.74) is 12.6. The van der Waals surface area contributed by atoms with E-state index in [0.717, 1.165) is 29.7 Å². The Kier molecular flexibility index (Phi) is 3.16. The zero-order chi connectivity index (χ0) is 11.7. The second-order valence-corrected chi connectivity index (χ2v) is 4.94. The van der Waals surface area contributed by atoms with E-state index in [2.05, 4.69) is 20.8 Å². The summed E-state index contributed by atoms with van der Waals surface area (Å²) in [6.45, 7) is 1.66. The number of nitrogens with zero attached hydrogens (tertiary/aromatic N) is 1. The van der Waals surface area contributed by atoms with Crippen LogP contribution >= 0.6 is 15.9 Å². The van der Waals surface area contributed by atoms with Crippen molar-refractivity contribution in [2.45, 2.75) is 12.5 Å². The molecule has 0 aliphatic carbocycles. The van der Waals surface area contributed by atoms with Crippen LogP contribution in [0.4, 0.5) is 5.69 Å². The van der Waals surface area contributed by atoms with Gasteiger partial charge in [-0.05, 0) is 24.6 Å². The third kappa shape index (κ3) is 2.20. The van der Waals surface area contributed by atoms with Crippen LogP contribution in [0.3, 0.4) is 0 Å². The number of carbonyl (C=O) groups excluding carboxylic acids is 1. The topological polar surface area (TPSA) is 72.4 Å². The second kappa shape index (κ2) is 4.43. The van der Waals surface area contributed by atoms with E-state index in [0.29, 0.717) is 5.56 Å². The van der Waals surface area contributed by atoms with Crippen molar-refractivity contribution in [1.82, 2.24) is 0 Å². The number of hydrogen-bond donors (Lipinski definition) is 2. The van der Waals surface area contributed by atoms with Crippen LogP contribution in [-0.2, 0) is 0 Å². The predicted molar refractivity (Wildman–Crippen MR) is 67.5 cm³/mol. The lowest BCUT2D eigenvalue weighted by molar-refractivity contribution is 0.100. The van der Waals surface area contributed by atoms with Gasteiger partial charge in [-0.15, -0.1) is 0 Å². The lowest BCUT2D eigenvalue weighted by Gasteiger charge is -2.20. The van der Waals surface area contributed by atoms with Gasteiger partial charge in [0.25, 0.3) is 5.91 Å². The maximum Gasteiger partial charge on any atom is 0.250 e. The lowest BCUT2D eigenvalue weighted by Crippen LogP contribution is -2.28. The van der Waals surface area contributed by atoms with E-state index >= 15 is 0 Å². The molecule has 4 N–H and O–H groups in total. The van der Waals surface area contributed by atoms with Gasteiger partial charge >= 0.3 is 0 Å². The molecule has 1 atom stereocenters. The van der Waals surface area contributed by atoms with Crippen molar-refractivity contribution in [2.75, 3.05) is 18.0 Å². The van der Waals surface area contributed by atoms with Crippen LogP contribution in [-0.4, -0.2) is 25.0 Å². The Labute approximate surface area is 103 Å². The lowest BCUT2D eigenvalue weighted by atomic mass is 10.1. The van der Waals surface area contributed by atoms with Crippen molar-refractivity contribution < 1.29 is 4.79 Å². The van der Waals surface area contributed by atoms with Gasteiger partial charge in [0.05, 0.1) is 5.56 Å². The number of primary amides is 1. The number of amides is 1. The van der Waals surface area contributed by atoms with Gasteiger partial charge in [0.2, 0.25) is 0 Å². The zero-order valence-electron chi connectivity index (χ0n) is 8.82. The summed E-state index contributed by atoms with van der Waals surface area (Å²) in [4.78, 5) is 13.5. The minimum Gasteiger partial charge on any atom is -0.369 e. The molecule has 2 rings (SSSR count). The van der Waals surface area contributed by atoms with Crippen LogP contribution in [0.5, 0.6) is 0 Å². The average molecular weight is 284 g/mol. The molecule has 1 fully saturated rings. The molecule has 1 aromatic carbocycles. The predicted octanol–water partition coefficient (Wildman–Crippen LogP) is 1.09. The first-order chi connectivity index (χ1) is 7.58. The maximum atomic E-state index is 11.4. The summed E-state index contributed by atoms with van der Waals surface area (Å²) in [6.07, 6.45) is 0.953. The molecule has 0 spiro atoms. The van der Waals surface area contributed by atoms with Crippen LogP contribution in [0.1, 0.15) is 16.8 Å². The molecule has 86 valence electrons. The number of anilines is 1. The van der Waals surface area contributed by atoms with Crippen molar-refractivity contribution in [3.63, 3.8) is 0 Å². The third-order valence-corrected chi connectivity index (χ3v) is 3.28. The number of carbonyl (C=O) groups is 1. The third-order valence-electron chi connectivity index (χ3n) is 2.79. The minimum absolute atomic E-state index is 0.185. The molecule has 4 nitrogen and oxygen atoms in total. The number of hydrogen-bond acceptors (Lipinski definition) is 3. The van der Waals surface area contributed by atoms with Gasteiger partial charge < -0.3 is 16.4 Å². The van der Waals surface area contributed by atoms with Crippen molar-refractivity contribution in [2.24, 2.45) is 11.5 Å². The molecule has 0 bridgehead atoms. The Morgan fingerprint density at radius 1 is 1.50 bits per heavy atom. The number of benzene rings is 1. The minimum atomic E-state index is -0.406. The molecule has 1 saturated heterocycles. The zero-order valence-corrected chi connectivity index (χ0v) is 10.4. The molecule has 1 aromatic rings. The normalized spacial score (nSPS) is 20.1. The Hall–Kier alpha value is -1.07. The molecule has 1 unspecified atom stereocenters. The Morgan fingerprint density at radius 2 is 2.25 bits per heavy atom. The highest BCUT2D eigenvalue weighted by atomic mass is 79.9. The molecule has 0 saturated carbocycles. The molecule has 1 amide bonds. The summed E-state index contributed by atoms with van der Waals surface area (Å²) < 4.78 is 0.855. The fraction of sp³-hybridized carbons (Fsp3) is 0.364. The first-order valence-electron chi connectivity index (χ1n) is 5.18. The van der Waals surface area contributed by atoms with Crippen LogP contribution < -0.4 is 16.4 Å². The SMILES string of the molecule is NC(=O)c1cc(Br)ccc1N1CCC(N)C1.